The molecule has 20 heavy (non-hydrogen) atoms. The molecule has 6 heteroatoms. The van der Waals surface area contributed by atoms with Gasteiger partial charge in [-0.05, 0) is 30.8 Å². The van der Waals surface area contributed by atoms with E-state index in [9.17, 15) is 4.79 Å². The van der Waals surface area contributed by atoms with Crippen molar-refractivity contribution in [1.82, 2.24) is 10.6 Å². The Morgan fingerprint density at radius 3 is 2.70 bits per heavy atom. The number of carbonyl (C=O) groups excluding carboxylic acids is 1. The van der Waals surface area contributed by atoms with Crippen molar-refractivity contribution in [3.63, 3.8) is 0 Å². The second-order valence-corrected chi connectivity index (χ2v) is 4.47. The van der Waals surface area contributed by atoms with Crippen LogP contribution in [0.3, 0.4) is 0 Å². The SMILES string of the molecule is COCCNC(=S)NC(=O)CCCOc1ccccc1. The molecule has 1 aromatic carbocycles. The number of ether oxygens (including phenoxy) is 2. The predicted octanol–water partition coefficient (Wildman–Crippen LogP) is 1.48. The monoisotopic (exact) mass is 296 g/mol. The summed E-state index contributed by atoms with van der Waals surface area (Å²) >= 11 is 4.97. The average Bonchev–Trinajstić information content (AvgIpc) is 2.45. The van der Waals surface area contributed by atoms with Gasteiger partial charge < -0.3 is 20.1 Å². The Kier molecular flexibility index (Phi) is 8.33. The molecule has 2 N–H and O–H groups in total. The molecule has 0 fully saturated rings. The quantitative estimate of drug-likeness (QED) is 0.562. The number of hydrogen-bond acceptors (Lipinski definition) is 4. The van der Waals surface area contributed by atoms with Gasteiger partial charge in [0.1, 0.15) is 5.75 Å². The van der Waals surface area contributed by atoms with E-state index in [0.29, 0.717) is 37.7 Å². The van der Waals surface area contributed by atoms with Crippen LogP contribution < -0.4 is 15.4 Å². The van der Waals surface area contributed by atoms with Gasteiger partial charge in [0.25, 0.3) is 0 Å². The topological polar surface area (TPSA) is 59.6 Å². The molecule has 1 rings (SSSR count). The van der Waals surface area contributed by atoms with Gasteiger partial charge in [0.2, 0.25) is 5.91 Å². The van der Waals surface area contributed by atoms with Crippen LogP contribution in [0.5, 0.6) is 5.75 Å². The summed E-state index contributed by atoms with van der Waals surface area (Å²) in [5.74, 6) is 0.696. The van der Waals surface area contributed by atoms with Crippen LogP contribution in [-0.4, -0.2) is 37.9 Å². The van der Waals surface area contributed by atoms with E-state index in [1.807, 2.05) is 30.3 Å². The molecule has 0 aliphatic carbocycles. The Labute approximate surface area is 124 Å². The molecule has 0 heterocycles. The molecule has 0 radical (unpaired) electrons. The van der Waals surface area contributed by atoms with E-state index < -0.39 is 0 Å². The molecule has 0 aliphatic rings. The number of para-hydroxylation sites is 1. The minimum absolute atomic E-state index is 0.114. The maximum absolute atomic E-state index is 11.6. The summed E-state index contributed by atoms with van der Waals surface area (Å²) < 4.78 is 10.4. The van der Waals surface area contributed by atoms with Crippen LogP contribution in [-0.2, 0) is 9.53 Å². The van der Waals surface area contributed by atoms with E-state index in [4.69, 9.17) is 21.7 Å². The summed E-state index contributed by atoms with van der Waals surface area (Å²) in [5, 5.41) is 5.81. The maximum atomic E-state index is 11.6. The Hall–Kier alpha value is -1.66. The van der Waals surface area contributed by atoms with Gasteiger partial charge in [-0.3, -0.25) is 4.79 Å². The van der Waals surface area contributed by atoms with Gasteiger partial charge in [-0.25, -0.2) is 0 Å². The Morgan fingerprint density at radius 1 is 1.25 bits per heavy atom. The van der Waals surface area contributed by atoms with Crippen molar-refractivity contribution < 1.29 is 14.3 Å². The van der Waals surface area contributed by atoms with Gasteiger partial charge in [-0.1, -0.05) is 18.2 Å². The molecule has 5 nitrogen and oxygen atoms in total. The van der Waals surface area contributed by atoms with Crippen molar-refractivity contribution in [2.45, 2.75) is 12.8 Å². The first-order chi connectivity index (χ1) is 9.72. The highest BCUT2D eigenvalue weighted by atomic mass is 32.1. The highest BCUT2D eigenvalue weighted by molar-refractivity contribution is 7.80. The lowest BCUT2D eigenvalue weighted by Gasteiger charge is -2.09. The molecule has 1 aromatic rings. The Bertz CT molecular complexity index is 412. The van der Waals surface area contributed by atoms with E-state index >= 15 is 0 Å². The molecule has 0 aromatic heterocycles. The van der Waals surface area contributed by atoms with Gasteiger partial charge in [-0.15, -0.1) is 0 Å². The van der Waals surface area contributed by atoms with Crippen molar-refractivity contribution in [1.29, 1.82) is 0 Å². The summed E-state index contributed by atoms with van der Waals surface area (Å²) in [6, 6.07) is 9.51. The Morgan fingerprint density at radius 2 is 2.00 bits per heavy atom. The third kappa shape index (κ3) is 7.70. The Balaban J connectivity index is 2.06. The van der Waals surface area contributed by atoms with Crippen molar-refractivity contribution in [2.24, 2.45) is 0 Å². The molecule has 0 bridgehead atoms. The number of thiocarbonyl (C=S) groups is 1. The third-order valence-electron chi connectivity index (χ3n) is 2.40. The van der Waals surface area contributed by atoms with Crippen LogP contribution in [0, 0.1) is 0 Å². The van der Waals surface area contributed by atoms with Crippen molar-refractivity contribution >= 4 is 23.2 Å². The third-order valence-corrected chi connectivity index (χ3v) is 2.65. The number of methoxy groups -OCH3 is 1. The standard InChI is InChI=1S/C14H20N2O3S/c1-18-11-9-15-14(20)16-13(17)8-5-10-19-12-6-3-2-4-7-12/h2-4,6-7H,5,8-11H2,1H3,(H2,15,16,17,20). The van der Waals surface area contributed by atoms with Gasteiger partial charge in [0.15, 0.2) is 5.11 Å². The molecule has 0 saturated heterocycles. The highest BCUT2D eigenvalue weighted by Gasteiger charge is 2.04. The minimum atomic E-state index is -0.114. The van der Waals surface area contributed by atoms with E-state index in [1.54, 1.807) is 7.11 Å². The van der Waals surface area contributed by atoms with E-state index in [0.717, 1.165) is 5.75 Å². The summed E-state index contributed by atoms with van der Waals surface area (Å²) in [7, 11) is 1.61. The largest absolute Gasteiger partial charge is 0.494 e. The van der Waals surface area contributed by atoms with E-state index in [1.165, 1.54) is 0 Å². The number of benzene rings is 1. The van der Waals surface area contributed by atoms with Gasteiger partial charge >= 0.3 is 0 Å². The lowest BCUT2D eigenvalue weighted by molar-refractivity contribution is -0.119. The first-order valence-corrected chi connectivity index (χ1v) is 6.87. The second-order valence-electron chi connectivity index (χ2n) is 4.06. The van der Waals surface area contributed by atoms with Crippen molar-refractivity contribution in [3.8, 4) is 5.75 Å². The predicted molar refractivity (Wildman–Crippen MR) is 81.8 cm³/mol. The number of hydrogen-bond donors (Lipinski definition) is 2. The second kappa shape index (κ2) is 10.2. The van der Waals surface area contributed by atoms with Crippen LogP contribution in [0.15, 0.2) is 30.3 Å². The zero-order valence-corrected chi connectivity index (χ0v) is 12.4. The fraction of sp³-hybridized carbons (Fsp3) is 0.429. The fourth-order valence-electron chi connectivity index (χ4n) is 1.44. The van der Waals surface area contributed by atoms with Crippen LogP contribution in [0.1, 0.15) is 12.8 Å². The normalized spacial score (nSPS) is 9.85. The molecule has 0 spiro atoms. The number of carbonyl (C=O) groups is 1. The summed E-state index contributed by atoms with van der Waals surface area (Å²) in [4.78, 5) is 11.6. The number of nitrogens with one attached hydrogen (secondary N) is 2. The average molecular weight is 296 g/mol. The van der Waals surface area contributed by atoms with Crippen molar-refractivity contribution in [2.75, 3.05) is 26.9 Å². The van der Waals surface area contributed by atoms with Crippen LogP contribution in [0.25, 0.3) is 0 Å². The lowest BCUT2D eigenvalue weighted by Crippen LogP contribution is -2.40. The summed E-state index contributed by atoms with van der Waals surface area (Å²) in [6.45, 7) is 1.62. The molecular weight excluding hydrogens is 276 g/mol. The molecule has 0 aliphatic heterocycles. The van der Waals surface area contributed by atoms with Gasteiger partial charge in [0.05, 0.1) is 13.2 Å². The van der Waals surface area contributed by atoms with Crippen LogP contribution in [0.4, 0.5) is 0 Å². The van der Waals surface area contributed by atoms with E-state index in [2.05, 4.69) is 10.6 Å². The molecule has 0 saturated carbocycles. The molecule has 1 amide bonds. The molecule has 0 atom stereocenters. The zero-order chi connectivity index (χ0) is 14.6. The first-order valence-electron chi connectivity index (χ1n) is 6.47. The fourth-order valence-corrected chi connectivity index (χ4v) is 1.66. The lowest BCUT2D eigenvalue weighted by atomic mass is 10.3. The summed E-state index contributed by atoms with van der Waals surface area (Å²) in [5.41, 5.74) is 0. The first kappa shape index (κ1) is 16.4. The van der Waals surface area contributed by atoms with Gasteiger partial charge in [-0.2, -0.15) is 0 Å². The number of amides is 1. The van der Waals surface area contributed by atoms with Crippen LogP contribution in [0.2, 0.25) is 0 Å². The summed E-state index contributed by atoms with van der Waals surface area (Å²) in [6.07, 6.45) is 1.01. The molecule has 110 valence electrons. The highest BCUT2D eigenvalue weighted by Crippen LogP contribution is 2.08. The maximum Gasteiger partial charge on any atom is 0.226 e. The number of rotatable bonds is 8. The minimum Gasteiger partial charge on any atom is -0.494 e. The molecular formula is C14H20N2O3S. The molecule has 0 unspecified atom stereocenters. The zero-order valence-electron chi connectivity index (χ0n) is 11.6. The smallest absolute Gasteiger partial charge is 0.226 e. The van der Waals surface area contributed by atoms with Gasteiger partial charge in [0, 0.05) is 20.1 Å². The van der Waals surface area contributed by atoms with E-state index in [-0.39, 0.29) is 5.91 Å². The van der Waals surface area contributed by atoms with Crippen LogP contribution >= 0.6 is 12.2 Å². The van der Waals surface area contributed by atoms with Crippen molar-refractivity contribution in [3.05, 3.63) is 30.3 Å².